The molecule has 2 aromatic carbocycles. The summed E-state index contributed by atoms with van der Waals surface area (Å²) in [5.41, 5.74) is 2.52. The third kappa shape index (κ3) is 7.13. The van der Waals surface area contributed by atoms with Gasteiger partial charge in [-0.25, -0.2) is 4.79 Å². The van der Waals surface area contributed by atoms with E-state index in [0.29, 0.717) is 17.5 Å². The van der Waals surface area contributed by atoms with E-state index in [4.69, 9.17) is 16.3 Å². The van der Waals surface area contributed by atoms with Crippen molar-refractivity contribution in [3.63, 3.8) is 0 Å². The molecule has 1 aliphatic carbocycles. The summed E-state index contributed by atoms with van der Waals surface area (Å²) in [6.45, 7) is 14.4. The molecule has 0 aromatic heterocycles. The molecule has 2 aromatic rings. The highest BCUT2D eigenvalue weighted by atomic mass is 35.5. The number of hydrogen-bond donors (Lipinski definition) is 0. The Kier molecular flexibility index (Phi) is 9.47. The molecule has 0 aliphatic heterocycles. The third-order valence-corrected chi connectivity index (χ3v) is 8.58. The number of carbonyl (C=O) groups is 1. The van der Waals surface area contributed by atoms with E-state index in [1.165, 1.54) is 0 Å². The van der Waals surface area contributed by atoms with Crippen molar-refractivity contribution in [2.75, 3.05) is 0 Å². The normalized spacial score (nSPS) is 20.0. The van der Waals surface area contributed by atoms with Crippen molar-refractivity contribution in [3.8, 4) is 0 Å². The molecule has 0 radical (unpaired) electrons. The third-order valence-electron chi connectivity index (χ3n) is 8.33. The van der Waals surface area contributed by atoms with E-state index < -0.39 is 0 Å². The van der Waals surface area contributed by atoms with Crippen LogP contribution in [-0.2, 0) is 17.9 Å². The summed E-state index contributed by atoms with van der Waals surface area (Å²) in [5.74, 6) is 0.636. The number of hydrogen-bond acceptors (Lipinski definition) is 2. The van der Waals surface area contributed by atoms with Gasteiger partial charge in [-0.3, -0.25) is 0 Å². The van der Waals surface area contributed by atoms with Gasteiger partial charge >= 0.3 is 6.09 Å². The second kappa shape index (κ2) is 12.1. The minimum Gasteiger partial charge on any atom is -0.445 e. The fourth-order valence-corrected chi connectivity index (χ4v) is 5.68. The van der Waals surface area contributed by atoms with Crippen LogP contribution in [0.5, 0.6) is 0 Å². The minimum atomic E-state index is -0.238. The topological polar surface area (TPSA) is 29.5 Å². The van der Waals surface area contributed by atoms with Gasteiger partial charge in [0.1, 0.15) is 6.61 Å². The number of amides is 1. The summed E-state index contributed by atoms with van der Waals surface area (Å²) in [4.78, 5) is 15.3. The van der Waals surface area contributed by atoms with Gasteiger partial charge in [0, 0.05) is 17.6 Å². The van der Waals surface area contributed by atoms with Crippen molar-refractivity contribution in [2.45, 2.75) is 85.4 Å². The van der Waals surface area contributed by atoms with Crippen molar-refractivity contribution < 1.29 is 9.53 Å². The Morgan fingerprint density at radius 3 is 2.20 bits per heavy atom. The number of rotatable bonds is 9. The zero-order chi connectivity index (χ0) is 25.5. The van der Waals surface area contributed by atoms with Gasteiger partial charge in [0.05, 0.1) is 0 Å². The van der Waals surface area contributed by atoms with Gasteiger partial charge in [0.15, 0.2) is 0 Å². The summed E-state index contributed by atoms with van der Waals surface area (Å²) in [5, 5.41) is 0.702. The van der Waals surface area contributed by atoms with Gasteiger partial charge < -0.3 is 9.64 Å². The first kappa shape index (κ1) is 27.3. The minimum absolute atomic E-state index is 0.175. The Labute approximate surface area is 217 Å². The highest BCUT2D eigenvalue weighted by Gasteiger charge is 2.45. The number of halogens is 1. The molecule has 1 atom stereocenters. The maximum absolute atomic E-state index is 13.3. The van der Waals surface area contributed by atoms with Crippen LogP contribution in [0.3, 0.4) is 0 Å². The fraction of sp³-hybridized carbons (Fsp3) is 0.516. The first-order valence-electron chi connectivity index (χ1n) is 13.0. The number of nitrogens with zero attached hydrogens (tertiary/aromatic N) is 1. The largest absolute Gasteiger partial charge is 0.445 e. The highest BCUT2D eigenvalue weighted by Crippen LogP contribution is 2.53. The highest BCUT2D eigenvalue weighted by molar-refractivity contribution is 6.30. The number of ether oxygens (including phenoxy) is 1. The smallest absolute Gasteiger partial charge is 0.410 e. The molecule has 0 N–H and O–H groups in total. The predicted molar refractivity (Wildman–Crippen MR) is 146 cm³/mol. The molecule has 0 bridgehead atoms. The molecule has 1 fully saturated rings. The average molecular weight is 496 g/mol. The molecule has 0 heterocycles. The summed E-state index contributed by atoms with van der Waals surface area (Å²) >= 11 is 6.10. The van der Waals surface area contributed by atoms with Crippen LogP contribution >= 0.6 is 11.6 Å². The zero-order valence-electron chi connectivity index (χ0n) is 21.9. The molecule has 1 unspecified atom stereocenters. The monoisotopic (exact) mass is 495 g/mol. The van der Waals surface area contributed by atoms with Gasteiger partial charge in [0.2, 0.25) is 0 Å². The first-order valence-corrected chi connectivity index (χ1v) is 13.3. The van der Waals surface area contributed by atoms with Crippen LogP contribution in [0.4, 0.5) is 4.79 Å². The summed E-state index contributed by atoms with van der Waals surface area (Å²) < 4.78 is 5.79. The van der Waals surface area contributed by atoms with Crippen molar-refractivity contribution in [2.24, 2.45) is 16.7 Å². The quantitative estimate of drug-likeness (QED) is 0.324. The van der Waals surface area contributed by atoms with Crippen LogP contribution in [-0.4, -0.2) is 17.0 Å². The molecule has 0 spiro atoms. The van der Waals surface area contributed by atoms with E-state index in [-0.39, 0.29) is 29.6 Å². The lowest BCUT2D eigenvalue weighted by Gasteiger charge is -2.51. The van der Waals surface area contributed by atoms with Gasteiger partial charge in [-0.2, -0.15) is 0 Å². The summed E-state index contributed by atoms with van der Waals surface area (Å²) in [6, 6.07) is 17.8. The fourth-order valence-electron chi connectivity index (χ4n) is 5.55. The molecule has 35 heavy (non-hydrogen) atoms. The van der Waals surface area contributed by atoms with Gasteiger partial charge in [-0.15, -0.1) is 6.58 Å². The molecule has 1 saturated carbocycles. The maximum atomic E-state index is 13.3. The Hall–Kier alpha value is -2.26. The van der Waals surface area contributed by atoms with Gasteiger partial charge in [-0.1, -0.05) is 87.8 Å². The van der Waals surface area contributed by atoms with Crippen LogP contribution in [0, 0.1) is 16.7 Å². The lowest BCUT2D eigenvalue weighted by molar-refractivity contribution is -0.0106. The van der Waals surface area contributed by atoms with Crippen LogP contribution in [0.15, 0.2) is 67.3 Å². The molecule has 4 heteroatoms. The van der Waals surface area contributed by atoms with Crippen molar-refractivity contribution >= 4 is 17.7 Å². The second-order valence-corrected chi connectivity index (χ2v) is 11.7. The Bertz CT molecular complexity index is 942. The molecule has 3 rings (SSSR count). The van der Waals surface area contributed by atoms with Gasteiger partial charge in [0.25, 0.3) is 0 Å². The van der Waals surface area contributed by atoms with Crippen LogP contribution in [0.1, 0.15) is 77.3 Å². The number of allylic oxidation sites excluding steroid dienone is 1. The van der Waals surface area contributed by atoms with Crippen LogP contribution < -0.4 is 0 Å². The predicted octanol–water partition coefficient (Wildman–Crippen LogP) is 9.06. The lowest BCUT2D eigenvalue weighted by atomic mass is 9.55. The van der Waals surface area contributed by atoms with Gasteiger partial charge in [-0.05, 0) is 78.5 Å². The number of carbonyl (C=O) groups excluding carboxylic acids is 1. The average Bonchev–Trinajstić information content (AvgIpc) is 2.85. The standard InChI is InChI=1S/C31H42ClNO2/c1-6-7-21-31(5,30(2,3)4)26-15-19-28(20-16-26)33(22-24-13-17-27(32)18-14-24)29(34)35-23-25-11-9-8-10-12-25/h6,8-14,17-18,26,28H,1,7,15-16,19-23H2,2-5H3. The molecule has 0 saturated heterocycles. The molecular formula is C31H42ClNO2. The van der Waals surface area contributed by atoms with Crippen molar-refractivity contribution in [1.82, 2.24) is 4.90 Å². The Morgan fingerprint density at radius 1 is 1.00 bits per heavy atom. The SMILES string of the molecule is C=CCCC(C)(C1CCC(N(Cc2ccc(Cl)cc2)C(=O)OCc2ccccc2)CC1)C(C)(C)C. The van der Waals surface area contributed by atoms with Crippen molar-refractivity contribution in [3.05, 3.63) is 83.4 Å². The maximum Gasteiger partial charge on any atom is 0.410 e. The molecule has 1 aliphatic rings. The number of benzene rings is 2. The zero-order valence-corrected chi connectivity index (χ0v) is 22.7. The molecule has 1 amide bonds. The van der Waals surface area contributed by atoms with Crippen LogP contribution in [0.2, 0.25) is 5.02 Å². The summed E-state index contributed by atoms with van der Waals surface area (Å²) in [7, 11) is 0. The van der Waals surface area contributed by atoms with E-state index >= 15 is 0 Å². The van der Waals surface area contributed by atoms with E-state index in [1.807, 2.05) is 65.6 Å². The van der Waals surface area contributed by atoms with Crippen molar-refractivity contribution in [1.29, 1.82) is 0 Å². The molecule has 190 valence electrons. The Morgan fingerprint density at radius 2 is 1.63 bits per heavy atom. The van der Waals surface area contributed by atoms with E-state index in [9.17, 15) is 4.79 Å². The van der Waals surface area contributed by atoms with Crippen LogP contribution in [0.25, 0.3) is 0 Å². The van der Waals surface area contributed by atoms with E-state index in [2.05, 4.69) is 34.3 Å². The molecular weight excluding hydrogens is 454 g/mol. The Balaban J connectivity index is 1.73. The first-order chi connectivity index (χ1) is 16.6. The van der Waals surface area contributed by atoms with E-state index in [0.717, 1.165) is 49.7 Å². The lowest BCUT2D eigenvalue weighted by Crippen LogP contribution is -2.46. The molecule has 3 nitrogen and oxygen atoms in total. The van der Waals surface area contributed by atoms with E-state index in [1.54, 1.807) is 0 Å². The summed E-state index contributed by atoms with van der Waals surface area (Å²) in [6.07, 6.45) is 8.25. The second-order valence-electron chi connectivity index (χ2n) is 11.3.